The van der Waals surface area contributed by atoms with Crippen molar-refractivity contribution in [1.29, 1.82) is 0 Å². The maximum atomic E-state index is 11.3. The number of unbranched alkanes of at least 4 members (excludes halogenated alkanes) is 2. The predicted octanol–water partition coefficient (Wildman–Crippen LogP) is 0.861. The van der Waals surface area contributed by atoms with Crippen LogP contribution in [0.25, 0.3) is 0 Å². The molecule has 0 aliphatic carbocycles. The minimum Gasteiger partial charge on any atom is -0.748 e. The monoisotopic (exact) mass is 320 g/mol. The fourth-order valence-electron chi connectivity index (χ4n) is 1.97. The maximum Gasteiger partial charge on any atom is 0.246 e. The third-order valence-corrected chi connectivity index (χ3v) is 4.06. The van der Waals surface area contributed by atoms with Gasteiger partial charge in [-0.25, -0.2) is 8.42 Å². The van der Waals surface area contributed by atoms with E-state index in [1.807, 2.05) is 0 Å². The molecule has 0 aromatic carbocycles. The van der Waals surface area contributed by atoms with Crippen LogP contribution in [-0.2, 0) is 14.9 Å². The molecule has 0 rings (SSSR count). The number of hydrogen-bond acceptors (Lipinski definition) is 4. The molecule has 0 atom stereocenters. The first-order valence-electron chi connectivity index (χ1n) is 7.23. The Balaban J connectivity index is 3.74. The van der Waals surface area contributed by atoms with E-state index in [1.165, 1.54) is 0 Å². The third-order valence-electron chi connectivity index (χ3n) is 3.27. The van der Waals surface area contributed by atoms with Crippen molar-refractivity contribution in [2.45, 2.75) is 32.6 Å². The Hall–Kier alpha value is -0.920. The van der Waals surface area contributed by atoms with Gasteiger partial charge in [0.25, 0.3) is 0 Å². The number of carbonyl (C=O) groups is 1. The molecule has 0 radical (unpaired) electrons. The number of amides is 1. The van der Waals surface area contributed by atoms with E-state index in [0.29, 0.717) is 18.5 Å². The van der Waals surface area contributed by atoms with Crippen LogP contribution in [0.5, 0.6) is 0 Å². The fourth-order valence-corrected chi connectivity index (χ4v) is 2.52. The van der Waals surface area contributed by atoms with E-state index in [2.05, 4.69) is 26.0 Å². The van der Waals surface area contributed by atoms with Crippen LogP contribution in [0.3, 0.4) is 0 Å². The molecule has 0 saturated heterocycles. The molecule has 0 aliphatic heterocycles. The lowest BCUT2D eigenvalue weighted by molar-refractivity contribution is -0.890. The lowest BCUT2D eigenvalue weighted by Gasteiger charge is -2.30. The number of nitrogens with one attached hydrogen (secondary N) is 1. The van der Waals surface area contributed by atoms with E-state index in [-0.39, 0.29) is 11.7 Å². The maximum absolute atomic E-state index is 11.3. The Labute approximate surface area is 128 Å². The highest BCUT2D eigenvalue weighted by molar-refractivity contribution is 7.85. The number of rotatable bonds is 11. The first-order chi connectivity index (χ1) is 9.53. The molecule has 0 bridgehead atoms. The second-order valence-corrected chi connectivity index (χ2v) is 7.62. The van der Waals surface area contributed by atoms with Crippen LogP contribution in [0, 0.1) is 0 Å². The zero-order chi connectivity index (χ0) is 16.5. The zero-order valence-electron chi connectivity index (χ0n) is 13.4. The summed E-state index contributed by atoms with van der Waals surface area (Å²) in [6, 6.07) is 0. The predicted molar refractivity (Wildman–Crippen MR) is 82.7 cm³/mol. The van der Waals surface area contributed by atoms with Gasteiger partial charge >= 0.3 is 0 Å². The first kappa shape index (κ1) is 20.1. The Bertz CT molecular complexity index is 444. The quantitative estimate of drug-likeness (QED) is 0.265. The van der Waals surface area contributed by atoms with Crippen LogP contribution in [0.2, 0.25) is 0 Å². The van der Waals surface area contributed by atoms with Crippen LogP contribution < -0.4 is 5.32 Å². The minimum atomic E-state index is -4.08. The molecular weight excluding hydrogens is 292 g/mol. The number of quaternary nitrogens is 1. The molecule has 0 unspecified atom stereocenters. The number of carbonyl (C=O) groups excluding carboxylic acids is 1. The van der Waals surface area contributed by atoms with Crippen LogP contribution >= 0.6 is 0 Å². The Morgan fingerprint density at radius 1 is 1.14 bits per heavy atom. The van der Waals surface area contributed by atoms with E-state index < -0.39 is 10.1 Å². The second kappa shape index (κ2) is 9.17. The van der Waals surface area contributed by atoms with Crippen LogP contribution in [0.1, 0.15) is 32.6 Å². The van der Waals surface area contributed by atoms with Gasteiger partial charge in [0.1, 0.15) is 0 Å². The molecule has 124 valence electrons. The van der Waals surface area contributed by atoms with Gasteiger partial charge in [-0.1, -0.05) is 6.58 Å². The van der Waals surface area contributed by atoms with Crippen LogP contribution in [-0.4, -0.2) is 62.8 Å². The van der Waals surface area contributed by atoms with Gasteiger partial charge in [-0.3, -0.25) is 4.79 Å². The Morgan fingerprint density at radius 2 is 1.71 bits per heavy atom. The molecule has 1 amide bonds. The van der Waals surface area contributed by atoms with Gasteiger partial charge < -0.3 is 14.4 Å². The second-order valence-electron chi connectivity index (χ2n) is 6.10. The smallest absolute Gasteiger partial charge is 0.246 e. The fraction of sp³-hybridized carbons (Fsp3) is 0.786. The van der Waals surface area contributed by atoms with Crippen molar-refractivity contribution in [3.63, 3.8) is 0 Å². The van der Waals surface area contributed by atoms with Crippen molar-refractivity contribution in [1.82, 2.24) is 5.32 Å². The molecule has 0 fully saturated rings. The van der Waals surface area contributed by atoms with Gasteiger partial charge in [0, 0.05) is 24.3 Å². The summed E-state index contributed by atoms with van der Waals surface area (Å²) in [4.78, 5) is 11.3. The van der Waals surface area contributed by atoms with Crippen molar-refractivity contribution in [3.8, 4) is 0 Å². The van der Waals surface area contributed by atoms with E-state index in [4.69, 9.17) is 0 Å². The summed E-state index contributed by atoms with van der Waals surface area (Å²) in [6.07, 6.45) is 2.94. The molecule has 7 heteroatoms. The third kappa shape index (κ3) is 12.5. The molecule has 0 spiro atoms. The summed E-state index contributed by atoms with van der Waals surface area (Å²) in [5.41, 5.74) is 0.511. The molecule has 0 heterocycles. The average molecular weight is 320 g/mol. The molecule has 1 N–H and O–H groups in total. The molecule has 0 aromatic heterocycles. The van der Waals surface area contributed by atoms with Crippen LogP contribution in [0.15, 0.2) is 12.2 Å². The summed E-state index contributed by atoms with van der Waals surface area (Å²) in [6.45, 7) is 7.73. The molecule has 0 aliphatic rings. The van der Waals surface area contributed by atoms with Gasteiger partial charge in [-0.05, 0) is 26.2 Å². The largest absolute Gasteiger partial charge is 0.748 e. The minimum absolute atomic E-state index is 0.112. The molecule has 0 saturated carbocycles. The SMILES string of the molecule is C=C(C)C(=O)NCCC[N+](C)(C)CCCCCS(=O)(=O)[O-]. The van der Waals surface area contributed by atoms with Gasteiger partial charge in [-0.15, -0.1) is 0 Å². The van der Waals surface area contributed by atoms with Crippen molar-refractivity contribution < 1.29 is 22.2 Å². The van der Waals surface area contributed by atoms with E-state index >= 15 is 0 Å². The molecule has 0 aromatic rings. The molecular formula is C14H28N2O4S. The van der Waals surface area contributed by atoms with Gasteiger partial charge in [-0.2, -0.15) is 0 Å². The van der Waals surface area contributed by atoms with Crippen LogP contribution in [0.4, 0.5) is 0 Å². The summed E-state index contributed by atoms with van der Waals surface area (Å²) in [5, 5.41) is 2.80. The van der Waals surface area contributed by atoms with Crippen molar-refractivity contribution in [2.24, 2.45) is 0 Å². The molecule has 6 nitrogen and oxygen atoms in total. The highest BCUT2D eigenvalue weighted by Gasteiger charge is 2.14. The zero-order valence-corrected chi connectivity index (χ0v) is 14.2. The first-order valence-corrected chi connectivity index (χ1v) is 8.80. The highest BCUT2D eigenvalue weighted by Crippen LogP contribution is 2.06. The van der Waals surface area contributed by atoms with Gasteiger partial charge in [0.05, 0.1) is 37.3 Å². The van der Waals surface area contributed by atoms with E-state index in [0.717, 1.165) is 36.8 Å². The summed E-state index contributed by atoms with van der Waals surface area (Å²) >= 11 is 0. The summed E-state index contributed by atoms with van der Waals surface area (Å²) in [7, 11) is 0.129. The van der Waals surface area contributed by atoms with Gasteiger partial charge in [0.2, 0.25) is 5.91 Å². The summed E-state index contributed by atoms with van der Waals surface area (Å²) < 4.78 is 32.2. The molecule has 21 heavy (non-hydrogen) atoms. The Kier molecular flexibility index (Phi) is 8.77. The average Bonchev–Trinajstić information content (AvgIpc) is 2.32. The topological polar surface area (TPSA) is 86.3 Å². The normalized spacial score (nSPS) is 12.2. The standard InChI is InChI=1S/C14H28N2O4S/c1-13(2)14(17)15-9-8-11-16(3,4)10-6-5-7-12-21(18,19)20/h1,5-12H2,2-4H3,(H-,15,17,18,19,20). The highest BCUT2D eigenvalue weighted by atomic mass is 32.2. The van der Waals surface area contributed by atoms with Crippen molar-refractivity contribution in [2.75, 3.05) is 39.5 Å². The van der Waals surface area contributed by atoms with Gasteiger partial charge in [0.15, 0.2) is 0 Å². The van der Waals surface area contributed by atoms with Crippen molar-refractivity contribution >= 4 is 16.0 Å². The lowest BCUT2D eigenvalue weighted by Crippen LogP contribution is -2.42. The van der Waals surface area contributed by atoms with E-state index in [9.17, 15) is 17.8 Å². The van der Waals surface area contributed by atoms with Crippen molar-refractivity contribution in [3.05, 3.63) is 12.2 Å². The van der Waals surface area contributed by atoms with E-state index in [1.54, 1.807) is 6.92 Å². The number of nitrogens with zero attached hydrogens (tertiary/aromatic N) is 1. The lowest BCUT2D eigenvalue weighted by atomic mass is 10.2. The Morgan fingerprint density at radius 3 is 2.24 bits per heavy atom. The summed E-state index contributed by atoms with van der Waals surface area (Å²) in [5.74, 6) is -0.382. The number of hydrogen-bond donors (Lipinski definition) is 1.